The van der Waals surface area contributed by atoms with Crippen LogP contribution in [0.5, 0.6) is 0 Å². The summed E-state index contributed by atoms with van der Waals surface area (Å²) in [6.07, 6.45) is 3.35. The fourth-order valence-corrected chi connectivity index (χ4v) is 2.26. The summed E-state index contributed by atoms with van der Waals surface area (Å²) >= 11 is 3.76. The second kappa shape index (κ2) is 5.75. The van der Waals surface area contributed by atoms with Crippen LogP contribution in [0.4, 0.5) is 0 Å². The summed E-state index contributed by atoms with van der Waals surface area (Å²) in [5, 5.41) is 5.21. The van der Waals surface area contributed by atoms with Crippen molar-refractivity contribution >= 4 is 28.7 Å². The van der Waals surface area contributed by atoms with E-state index in [1.54, 1.807) is 0 Å². The second-order valence-electron chi connectivity index (χ2n) is 2.71. The molecule has 1 atom stereocenters. The molecule has 0 aromatic carbocycles. The van der Waals surface area contributed by atoms with Gasteiger partial charge in [0.25, 0.3) is 0 Å². The highest BCUT2D eigenvalue weighted by molar-refractivity contribution is 8.14. The number of nitrogens with zero attached hydrogens (tertiary/aromatic N) is 1. The molecule has 0 saturated heterocycles. The van der Waals surface area contributed by atoms with E-state index in [9.17, 15) is 0 Å². The number of thioether (sulfide) groups is 2. The van der Waals surface area contributed by atoms with E-state index in [1.165, 1.54) is 6.42 Å². The van der Waals surface area contributed by atoms with Gasteiger partial charge in [0, 0.05) is 17.5 Å². The molecule has 1 N–H and O–H groups in total. The van der Waals surface area contributed by atoms with E-state index in [2.05, 4.69) is 23.5 Å². The largest absolute Gasteiger partial charge is 0.364 e. The van der Waals surface area contributed by atoms with Crippen molar-refractivity contribution in [1.29, 1.82) is 0 Å². The van der Waals surface area contributed by atoms with Gasteiger partial charge in [-0.25, -0.2) is 0 Å². The van der Waals surface area contributed by atoms with Crippen LogP contribution in [0.2, 0.25) is 0 Å². The van der Waals surface area contributed by atoms with Crippen LogP contribution in [-0.4, -0.2) is 35.5 Å². The first-order valence-corrected chi connectivity index (χ1v) is 6.58. The topological polar surface area (TPSA) is 24.4 Å². The van der Waals surface area contributed by atoms with Crippen molar-refractivity contribution in [3.63, 3.8) is 0 Å². The molecule has 70 valence electrons. The Morgan fingerprint density at radius 2 is 2.58 bits per heavy atom. The molecule has 0 aromatic heterocycles. The fraction of sp³-hybridized carbons (Fsp3) is 0.875. The highest BCUT2D eigenvalue weighted by Gasteiger charge is 2.16. The van der Waals surface area contributed by atoms with Gasteiger partial charge in [0.05, 0.1) is 6.54 Å². The maximum atomic E-state index is 4.42. The minimum atomic E-state index is 0.724. The monoisotopic (exact) mass is 204 g/mol. The molecule has 1 aliphatic heterocycles. The molecule has 1 rings (SSSR count). The lowest BCUT2D eigenvalue weighted by atomic mass is 10.3. The Labute approximate surface area is 83.0 Å². The average molecular weight is 204 g/mol. The Morgan fingerprint density at radius 1 is 1.75 bits per heavy atom. The molecule has 12 heavy (non-hydrogen) atoms. The van der Waals surface area contributed by atoms with Gasteiger partial charge in [0.15, 0.2) is 5.17 Å². The van der Waals surface area contributed by atoms with Crippen LogP contribution in [0, 0.1) is 0 Å². The highest BCUT2D eigenvalue weighted by atomic mass is 32.2. The number of hydrogen-bond donors (Lipinski definition) is 1. The molecule has 0 saturated carbocycles. The molecule has 0 aromatic rings. The van der Waals surface area contributed by atoms with Gasteiger partial charge < -0.3 is 5.32 Å². The van der Waals surface area contributed by atoms with Crippen molar-refractivity contribution in [1.82, 2.24) is 5.32 Å². The van der Waals surface area contributed by atoms with Crippen LogP contribution in [0.15, 0.2) is 4.99 Å². The first-order chi connectivity index (χ1) is 5.86. The Balaban J connectivity index is 2.10. The molecule has 0 spiro atoms. The predicted octanol–water partition coefficient (Wildman–Crippen LogP) is 1.82. The molecule has 0 radical (unpaired) electrons. The van der Waals surface area contributed by atoms with Crippen molar-refractivity contribution in [3.05, 3.63) is 0 Å². The Morgan fingerprint density at radius 3 is 3.17 bits per heavy atom. The van der Waals surface area contributed by atoms with Crippen LogP contribution >= 0.6 is 23.5 Å². The zero-order valence-electron chi connectivity index (χ0n) is 7.67. The summed E-state index contributed by atoms with van der Waals surface area (Å²) in [5.74, 6) is 1.16. The van der Waals surface area contributed by atoms with Gasteiger partial charge in [0.2, 0.25) is 0 Å². The Kier molecular flexibility index (Phi) is 4.92. The molecule has 1 heterocycles. The van der Waals surface area contributed by atoms with E-state index in [-0.39, 0.29) is 0 Å². The minimum absolute atomic E-state index is 0.724. The zero-order valence-corrected chi connectivity index (χ0v) is 9.30. The molecule has 0 fully saturated rings. The zero-order chi connectivity index (χ0) is 8.81. The third-order valence-electron chi connectivity index (χ3n) is 1.75. The van der Waals surface area contributed by atoms with Gasteiger partial charge in [0.1, 0.15) is 0 Å². The van der Waals surface area contributed by atoms with Gasteiger partial charge in [-0.05, 0) is 12.7 Å². The van der Waals surface area contributed by atoms with Crippen LogP contribution < -0.4 is 5.32 Å². The molecule has 1 unspecified atom stereocenters. The van der Waals surface area contributed by atoms with Gasteiger partial charge in [-0.1, -0.05) is 18.7 Å². The van der Waals surface area contributed by atoms with Gasteiger partial charge in [-0.15, -0.1) is 0 Å². The standard InChI is InChI=1S/C8H16N2S2/c1-3-7-6-10-8(12-7)9-4-5-11-2/h7H,3-6H2,1-2H3,(H,9,10). The highest BCUT2D eigenvalue weighted by Crippen LogP contribution is 2.21. The van der Waals surface area contributed by atoms with Crippen molar-refractivity contribution in [3.8, 4) is 0 Å². The quantitative estimate of drug-likeness (QED) is 0.707. The van der Waals surface area contributed by atoms with Crippen LogP contribution in [0.3, 0.4) is 0 Å². The summed E-state index contributed by atoms with van der Waals surface area (Å²) < 4.78 is 0. The molecular formula is C8H16N2S2. The normalized spacial score (nSPS) is 22.5. The maximum absolute atomic E-state index is 4.42. The first kappa shape index (κ1) is 10.3. The van der Waals surface area contributed by atoms with Crippen LogP contribution in [0.1, 0.15) is 13.3 Å². The van der Waals surface area contributed by atoms with E-state index >= 15 is 0 Å². The summed E-state index contributed by atoms with van der Waals surface area (Å²) in [6, 6.07) is 0. The fourth-order valence-electron chi connectivity index (χ4n) is 0.987. The number of hydrogen-bond acceptors (Lipinski definition) is 4. The SMILES string of the molecule is CCC1CN=C(NCCSC)S1. The second-order valence-corrected chi connectivity index (χ2v) is 4.99. The van der Waals surface area contributed by atoms with E-state index in [0.29, 0.717) is 0 Å². The van der Waals surface area contributed by atoms with Crippen LogP contribution in [0.25, 0.3) is 0 Å². The summed E-state index contributed by atoms with van der Waals surface area (Å²) in [7, 11) is 0. The van der Waals surface area contributed by atoms with Crippen molar-refractivity contribution < 1.29 is 0 Å². The average Bonchev–Trinajstić information content (AvgIpc) is 2.53. The molecule has 0 aliphatic carbocycles. The van der Waals surface area contributed by atoms with Gasteiger partial charge in [-0.2, -0.15) is 11.8 Å². The van der Waals surface area contributed by atoms with E-state index in [4.69, 9.17) is 0 Å². The van der Waals surface area contributed by atoms with E-state index in [1.807, 2.05) is 23.5 Å². The summed E-state index contributed by atoms with van der Waals surface area (Å²) in [5.41, 5.74) is 0. The van der Waals surface area contributed by atoms with E-state index in [0.717, 1.165) is 29.3 Å². The molecule has 2 nitrogen and oxygen atoms in total. The number of aliphatic imine (C=N–C) groups is 1. The van der Waals surface area contributed by atoms with Crippen molar-refractivity contribution in [2.24, 2.45) is 4.99 Å². The van der Waals surface area contributed by atoms with Gasteiger partial charge in [-0.3, -0.25) is 4.99 Å². The third-order valence-corrected chi connectivity index (χ3v) is 3.68. The Hall–Kier alpha value is 0.170. The number of amidine groups is 1. The molecule has 4 heteroatoms. The predicted molar refractivity (Wildman–Crippen MR) is 60.4 cm³/mol. The maximum Gasteiger partial charge on any atom is 0.156 e. The number of nitrogens with one attached hydrogen (secondary N) is 1. The summed E-state index contributed by atoms with van der Waals surface area (Å²) in [4.78, 5) is 4.42. The lowest BCUT2D eigenvalue weighted by Crippen LogP contribution is -2.22. The smallest absolute Gasteiger partial charge is 0.156 e. The molecule has 1 aliphatic rings. The molecular weight excluding hydrogens is 188 g/mol. The van der Waals surface area contributed by atoms with Crippen molar-refractivity contribution in [2.75, 3.05) is 25.1 Å². The lowest BCUT2D eigenvalue weighted by molar-refractivity contribution is 0.841. The first-order valence-electron chi connectivity index (χ1n) is 4.30. The Bertz CT molecular complexity index is 159. The third kappa shape index (κ3) is 3.27. The van der Waals surface area contributed by atoms with Crippen LogP contribution in [-0.2, 0) is 0 Å². The summed E-state index contributed by atoms with van der Waals surface area (Å²) in [6.45, 7) is 4.27. The minimum Gasteiger partial charge on any atom is -0.364 e. The van der Waals surface area contributed by atoms with Crippen molar-refractivity contribution in [2.45, 2.75) is 18.6 Å². The molecule has 0 bridgehead atoms. The van der Waals surface area contributed by atoms with Gasteiger partial charge >= 0.3 is 0 Å². The van der Waals surface area contributed by atoms with E-state index < -0.39 is 0 Å². The lowest BCUT2D eigenvalue weighted by Gasteiger charge is -2.05. The molecule has 0 amide bonds. The number of rotatable bonds is 4.